The van der Waals surface area contributed by atoms with Crippen molar-refractivity contribution < 1.29 is 4.79 Å². The molecular weight excluding hydrogens is 260 g/mol. The van der Waals surface area contributed by atoms with Gasteiger partial charge in [-0.25, -0.2) is 0 Å². The minimum atomic E-state index is -0.249. The summed E-state index contributed by atoms with van der Waals surface area (Å²) in [6.07, 6.45) is 0.313. The Balaban J connectivity index is 3.08. The molecule has 0 N–H and O–H groups in total. The normalized spacial score (nSPS) is 11.7. The first-order valence-electron chi connectivity index (χ1n) is 6.32. The van der Waals surface area contributed by atoms with E-state index in [0.29, 0.717) is 13.0 Å². The van der Waals surface area contributed by atoms with E-state index < -0.39 is 0 Å². The van der Waals surface area contributed by atoms with Crippen molar-refractivity contribution in [2.45, 2.75) is 27.2 Å². The molecule has 102 valence electrons. The van der Waals surface area contributed by atoms with Gasteiger partial charge in [-0.15, -0.1) is 11.6 Å². The van der Waals surface area contributed by atoms with Gasteiger partial charge in [0.1, 0.15) is 0 Å². The van der Waals surface area contributed by atoms with E-state index in [1.165, 1.54) is 0 Å². The third-order valence-corrected chi connectivity index (χ3v) is 3.35. The number of carbonyl (C=O) groups is 1. The number of anilines is 1. The number of carbonyl (C=O) groups excluding carboxylic acids is 1. The predicted molar refractivity (Wildman–Crippen MR) is 78.4 cm³/mol. The highest BCUT2D eigenvalue weighted by Crippen LogP contribution is 2.21. The first kappa shape index (κ1) is 15.5. The summed E-state index contributed by atoms with van der Waals surface area (Å²) >= 11 is 5.76. The number of hydrogen-bond donors (Lipinski definition) is 0. The molecule has 0 bridgehead atoms. The largest absolute Gasteiger partial charge is 0.311 e. The van der Waals surface area contributed by atoms with Crippen molar-refractivity contribution in [1.29, 1.82) is 5.26 Å². The minimum Gasteiger partial charge on any atom is -0.311 e. The maximum Gasteiger partial charge on any atom is 0.231 e. The van der Waals surface area contributed by atoms with E-state index in [0.717, 1.165) is 16.8 Å². The fourth-order valence-electron chi connectivity index (χ4n) is 1.97. The summed E-state index contributed by atoms with van der Waals surface area (Å²) < 4.78 is 0. The van der Waals surface area contributed by atoms with Crippen LogP contribution in [0.15, 0.2) is 18.2 Å². The molecule has 4 heteroatoms. The van der Waals surface area contributed by atoms with E-state index >= 15 is 0 Å². The van der Waals surface area contributed by atoms with Crippen molar-refractivity contribution in [2.24, 2.45) is 5.92 Å². The smallest absolute Gasteiger partial charge is 0.231 e. The maximum absolute atomic E-state index is 12.3. The number of aryl methyl sites for hydroxylation is 2. The van der Waals surface area contributed by atoms with E-state index in [-0.39, 0.29) is 17.7 Å². The molecule has 19 heavy (non-hydrogen) atoms. The highest BCUT2D eigenvalue weighted by atomic mass is 35.5. The van der Waals surface area contributed by atoms with Gasteiger partial charge in [0.05, 0.1) is 12.5 Å². The van der Waals surface area contributed by atoms with Crippen molar-refractivity contribution in [3.63, 3.8) is 0 Å². The first-order valence-corrected chi connectivity index (χ1v) is 6.85. The Morgan fingerprint density at radius 2 is 1.95 bits per heavy atom. The summed E-state index contributed by atoms with van der Waals surface area (Å²) in [5, 5.41) is 8.73. The second-order valence-corrected chi connectivity index (χ2v) is 5.11. The number of amides is 1. The maximum atomic E-state index is 12.3. The van der Waals surface area contributed by atoms with Crippen LogP contribution in [0.2, 0.25) is 0 Å². The molecule has 0 heterocycles. The minimum absolute atomic E-state index is 0.0322. The van der Waals surface area contributed by atoms with E-state index in [9.17, 15) is 4.79 Å². The highest BCUT2D eigenvalue weighted by Gasteiger charge is 2.21. The van der Waals surface area contributed by atoms with Gasteiger partial charge < -0.3 is 4.90 Å². The molecule has 0 aliphatic rings. The summed E-state index contributed by atoms with van der Waals surface area (Å²) in [7, 11) is 0. The zero-order valence-corrected chi connectivity index (χ0v) is 12.4. The molecule has 0 fully saturated rings. The fourth-order valence-corrected chi connectivity index (χ4v) is 2.10. The molecule has 1 amide bonds. The molecule has 0 spiro atoms. The Bertz CT molecular complexity index is 473. The lowest BCUT2D eigenvalue weighted by Gasteiger charge is -2.25. The number of alkyl halides is 1. The lowest BCUT2D eigenvalue weighted by atomic mass is 10.1. The molecule has 0 saturated heterocycles. The van der Waals surface area contributed by atoms with Crippen LogP contribution in [0.25, 0.3) is 0 Å². The molecule has 0 aliphatic heterocycles. The molecule has 0 aliphatic carbocycles. The summed E-state index contributed by atoms with van der Waals surface area (Å²) in [6, 6.07) is 8.06. The van der Waals surface area contributed by atoms with Crippen LogP contribution in [-0.2, 0) is 4.79 Å². The molecular formula is C15H19ClN2O. The van der Waals surface area contributed by atoms with Crippen LogP contribution < -0.4 is 4.90 Å². The Labute approximate surface area is 119 Å². The number of benzene rings is 1. The second-order valence-electron chi connectivity index (χ2n) is 4.80. The average Bonchev–Trinajstić information content (AvgIpc) is 2.36. The van der Waals surface area contributed by atoms with Crippen molar-refractivity contribution in [2.75, 3.05) is 17.3 Å². The van der Waals surface area contributed by atoms with Gasteiger partial charge in [0.25, 0.3) is 0 Å². The average molecular weight is 279 g/mol. The molecule has 1 rings (SSSR count). The van der Waals surface area contributed by atoms with Crippen molar-refractivity contribution in [1.82, 2.24) is 0 Å². The topological polar surface area (TPSA) is 44.1 Å². The highest BCUT2D eigenvalue weighted by molar-refractivity contribution is 6.19. The fraction of sp³-hybridized carbons (Fsp3) is 0.467. The van der Waals surface area contributed by atoms with Gasteiger partial charge in [0.15, 0.2) is 0 Å². The summed E-state index contributed by atoms with van der Waals surface area (Å²) in [6.45, 7) is 6.19. The van der Waals surface area contributed by atoms with Gasteiger partial charge in [0, 0.05) is 24.0 Å². The van der Waals surface area contributed by atoms with Gasteiger partial charge in [-0.1, -0.05) is 13.0 Å². The number of nitriles is 1. The molecule has 3 nitrogen and oxygen atoms in total. The first-order chi connectivity index (χ1) is 8.99. The van der Waals surface area contributed by atoms with Gasteiger partial charge >= 0.3 is 0 Å². The number of rotatable bonds is 5. The van der Waals surface area contributed by atoms with Gasteiger partial charge in [-0.2, -0.15) is 5.26 Å². The molecule has 1 atom stereocenters. The van der Waals surface area contributed by atoms with Crippen LogP contribution in [0.3, 0.4) is 0 Å². The van der Waals surface area contributed by atoms with E-state index in [2.05, 4.69) is 12.1 Å². The van der Waals surface area contributed by atoms with Crippen molar-refractivity contribution >= 4 is 23.2 Å². The number of hydrogen-bond acceptors (Lipinski definition) is 2. The number of halogens is 1. The predicted octanol–water partition coefficient (Wildman–Crippen LogP) is 3.43. The van der Waals surface area contributed by atoms with Crippen LogP contribution in [-0.4, -0.2) is 18.3 Å². The molecule has 1 aromatic rings. The summed E-state index contributed by atoms with van der Waals surface area (Å²) in [4.78, 5) is 14.0. The van der Waals surface area contributed by atoms with Crippen LogP contribution in [0.4, 0.5) is 5.69 Å². The van der Waals surface area contributed by atoms with Gasteiger partial charge in [-0.05, 0) is 37.1 Å². The lowest BCUT2D eigenvalue weighted by molar-refractivity contribution is -0.121. The third-order valence-electron chi connectivity index (χ3n) is 2.88. The Morgan fingerprint density at radius 1 is 1.37 bits per heavy atom. The SMILES string of the molecule is Cc1cc(C)cc(N(CCC#N)C(=O)C(C)CCl)c1. The number of nitrogens with zero attached hydrogens (tertiary/aromatic N) is 2. The summed E-state index contributed by atoms with van der Waals surface area (Å²) in [5.41, 5.74) is 3.04. The Hall–Kier alpha value is -1.53. The van der Waals surface area contributed by atoms with E-state index in [1.54, 1.807) is 11.8 Å². The lowest BCUT2D eigenvalue weighted by Crippen LogP contribution is -2.36. The van der Waals surface area contributed by atoms with Crippen LogP contribution in [0, 0.1) is 31.1 Å². The third kappa shape index (κ3) is 4.25. The van der Waals surface area contributed by atoms with E-state index in [4.69, 9.17) is 16.9 Å². The summed E-state index contributed by atoms with van der Waals surface area (Å²) in [5.74, 6) is 0.00332. The molecule has 0 radical (unpaired) electrons. The molecule has 1 unspecified atom stereocenters. The van der Waals surface area contributed by atoms with Crippen LogP contribution >= 0.6 is 11.6 Å². The van der Waals surface area contributed by atoms with Crippen molar-refractivity contribution in [3.8, 4) is 6.07 Å². The zero-order chi connectivity index (χ0) is 14.4. The van der Waals surface area contributed by atoms with Crippen LogP contribution in [0.5, 0.6) is 0 Å². The quantitative estimate of drug-likeness (QED) is 0.775. The standard InChI is InChI=1S/C15H19ClN2O/c1-11-7-12(2)9-14(8-11)18(6-4-5-17)15(19)13(3)10-16/h7-9,13H,4,6,10H2,1-3H3. The second kappa shape index (κ2) is 7.16. The zero-order valence-electron chi connectivity index (χ0n) is 11.6. The Morgan fingerprint density at radius 3 is 2.42 bits per heavy atom. The van der Waals surface area contributed by atoms with Crippen LogP contribution in [0.1, 0.15) is 24.5 Å². The molecule has 0 aromatic heterocycles. The molecule has 0 saturated carbocycles. The monoisotopic (exact) mass is 278 g/mol. The van der Waals surface area contributed by atoms with E-state index in [1.807, 2.05) is 26.0 Å². The van der Waals surface area contributed by atoms with Crippen molar-refractivity contribution in [3.05, 3.63) is 29.3 Å². The van der Waals surface area contributed by atoms with Gasteiger partial charge in [0.2, 0.25) is 5.91 Å². The molecule has 1 aromatic carbocycles. The van der Waals surface area contributed by atoms with Gasteiger partial charge in [-0.3, -0.25) is 4.79 Å². The Kier molecular flexibility index (Phi) is 5.85.